The zero-order valence-electron chi connectivity index (χ0n) is 11.7. The molecule has 0 aliphatic heterocycles. The van der Waals surface area contributed by atoms with E-state index in [1.807, 2.05) is 24.3 Å². The molecule has 1 aliphatic rings. The number of nitrogens with one attached hydrogen (secondary N) is 1. The van der Waals surface area contributed by atoms with Crippen molar-refractivity contribution in [2.75, 3.05) is 5.32 Å². The highest BCUT2D eigenvalue weighted by Crippen LogP contribution is 2.44. The van der Waals surface area contributed by atoms with Gasteiger partial charge in [0.1, 0.15) is 0 Å². The fourth-order valence-electron chi connectivity index (χ4n) is 3.19. The minimum atomic E-state index is -0.142. The summed E-state index contributed by atoms with van der Waals surface area (Å²) in [6, 6.07) is 7.81. The lowest BCUT2D eigenvalue weighted by Gasteiger charge is -2.29. The summed E-state index contributed by atoms with van der Waals surface area (Å²) in [5.41, 5.74) is 0.741. The molecular formula is C16H22BrNO. The first kappa shape index (κ1) is 14.6. The molecule has 104 valence electrons. The third-order valence-corrected chi connectivity index (χ3v) is 4.42. The van der Waals surface area contributed by atoms with Gasteiger partial charge in [-0.2, -0.15) is 0 Å². The van der Waals surface area contributed by atoms with Gasteiger partial charge in [0.2, 0.25) is 5.91 Å². The Bertz CT molecular complexity index is 450. The van der Waals surface area contributed by atoms with Crippen LogP contribution in [0.15, 0.2) is 28.7 Å². The van der Waals surface area contributed by atoms with Crippen molar-refractivity contribution < 1.29 is 4.79 Å². The van der Waals surface area contributed by atoms with Crippen LogP contribution >= 0.6 is 15.9 Å². The van der Waals surface area contributed by atoms with Crippen LogP contribution in [0.3, 0.4) is 0 Å². The largest absolute Gasteiger partial charge is 0.326 e. The summed E-state index contributed by atoms with van der Waals surface area (Å²) >= 11 is 3.44. The van der Waals surface area contributed by atoms with E-state index in [-0.39, 0.29) is 11.3 Å². The minimum Gasteiger partial charge on any atom is -0.326 e. The summed E-state index contributed by atoms with van der Waals surface area (Å²) < 4.78 is 0.995. The van der Waals surface area contributed by atoms with Crippen molar-refractivity contribution in [2.45, 2.75) is 46.0 Å². The second-order valence-electron chi connectivity index (χ2n) is 6.05. The van der Waals surface area contributed by atoms with Gasteiger partial charge in [-0.15, -0.1) is 0 Å². The molecule has 0 heterocycles. The van der Waals surface area contributed by atoms with Gasteiger partial charge in [-0.25, -0.2) is 0 Å². The molecule has 0 radical (unpaired) electrons. The summed E-state index contributed by atoms with van der Waals surface area (Å²) in [5.74, 6) is 0.767. The number of rotatable bonds is 4. The molecule has 0 spiro atoms. The van der Waals surface area contributed by atoms with Crippen LogP contribution in [0.2, 0.25) is 0 Å². The highest BCUT2D eigenvalue weighted by molar-refractivity contribution is 9.10. The molecule has 1 fully saturated rings. The maximum Gasteiger partial charge on any atom is 0.230 e. The molecule has 0 atom stereocenters. The van der Waals surface area contributed by atoms with E-state index >= 15 is 0 Å². The van der Waals surface area contributed by atoms with Gasteiger partial charge in [0.25, 0.3) is 0 Å². The van der Waals surface area contributed by atoms with Crippen LogP contribution in [0.25, 0.3) is 0 Å². The number of carbonyl (C=O) groups excluding carboxylic acids is 1. The number of benzene rings is 1. The number of halogens is 1. The molecule has 1 N–H and O–H groups in total. The Balaban J connectivity index is 2.12. The van der Waals surface area contributed by atoms with Crippen molar-refractivity contribution >= 4 is 27.5 Å². The Morgan fingerprint density at radius 1 is 1.37 bits per heavy atom. The smallest absolute Gasteiger partial charge is 0.230 e. The third kappa shape index (κ3) is 3.59. The van der Waals surface area contributed by atoms with Crippen LogP contribution in [0.5, 0.6) is 0 Å². The minimum absolute atomic E-state index is 0.142. The molecule has 0 aromatic heterocycles. The summed E-state index contributed by atoms with van der Waals surface area (Å²) in [4.78, 5) is 12.7. The van der Waals surface area contributed by atoms with Gasteiger partial charge in [-0.05, 0) is 43.4 Å². The van der Waals surface area contributed by atoms with Crippen LogP contribution in [0, 0.1) is 11.3 Å². The lowest BCUT2D eigenvalue weighted by molar-refractivity contribution is -0.126. The molecule has 0 unspecified atom stereocenters. The molecule has 0 bridgehead atoms. The van der Waals surface area contributed by atoms with E-state index in [1.165, 1.54) is 12.8 Å². The SMILES string of the molecule is CC(C)CC1(C(=O)Nc2cccc(Br)c2)CCCC1. The maximum atomic E-state index is 12.7. The molecule has 3 heteroatoms. The van der Waals surface area contributed by atoms with E-state index in [9.17, 15) is 4.79 Å². The van der Waals surface area contributed by atoms with Crippen LogP contribution in [0.1, 0.15) is 46.0 Å². The van der Waals surface area contributed by atoms with E-state index in [4.69, 9.17) is 0 Å². The molecule has 2 rings (SSSR count). The monoisotopic (exact) mass is 323 g/mol. The van der Waals surface area contributed by atoms with E-state index in [0.717, 1.165) is 29.4 Å². The number of hydrogen-bond acceptors (Lipinski definition) is 1. The molecule has 1 aliphatic carbocycles. The van der Waals surface area contributed by atoms with E-state index in [1.54, 1.807) is 0 Å². The Morgan fingerprint density at radius 3 is 2.63 bits per heavy atom. The van der Waals surface area contributed by atoms with Gasteiger partial charge in [0.05, 0.1) is 0 Å². The van der Waals surface area contributed by atoms with Crippen molar-refractivity contribution in [3.8, 4) is 0 Å². The van der Waals surface area contributed by atoms with Crippen LogP contribution in [0.4, 0.5) is 5.69 Å². The Hall–Kier alpha value is -0.830. The van der Waals surface area contributed by atoms with Gasteiger partial charge in [0.15, 0.2) is 0 Å². The van der Waals surface area contributed by atoms with Gasteiger partial charge >= 0.3 is 0 Å². The van der Waals surface area contributed by atoms with Crippen molar-refractivity contribution in [1.29, 1.82) is 0 Å². The van der Waals surface area contributed by atoms with E-state index in [0.29, 0.717) is 5.92 Å². The third-order valence-electron chi connectivity index (χ3n) is 3.92. The second-order valence-corrected chi connectivity index (χ2v) is 6.97. The van der Waals surface area contributed by atoms with Crippen molar-refractivity contribution in [3.05, 3.63) is 28.7 Å². The highest BCUT2D eigenvalue weighted by Gasteiger charge is 2.41. The van der Waals surface area contributed by atoms with Gasteiger partial charge in [-0.1, -0.05) is 48.7 Å². The van der Waals surface area contributed by atoms with Crippen molar-refractivity contribution in [3.63, 3.8) is 0 Å². The zero-order valence-corrected chi connectivity index (χ0v) is 13.3. The van der Waals surface area contributed by atoms with Crippen LogP contribution < -0.4 is 5.32 Å². The van der Waals surface area contributed by atoms with E-state index in [2.05, 4.69) is 35.1 Å². The molecular weight excluding hydrogens is 302 g/mol. The summed E-state index contributed by atoms with van der Waals surface area (Å²) in [7, 11) is 0. The molecule has 2 nitrogen and oxygen atoms in total. The van der Waals surface area contributed by atoms with Gasteiger partial charge in [-0.3, -0.25) is 4.79 Å². The summed E-state index contributed by atoms with van der Waals surface area (Å²) in [6.45, 7) is 4.40. The first-order valence-corrected chi connectivity index (χ1v) is 7.88. The Kier molecular flexibility index (Phi) is 4.67. The normalized spacial score (nSPS) is 17.7. The molecule has 1 amide bonds. The van der Waals surface area contributed by atoms with Crippen molar-refractivity contribution in [2.24, 2.45) is 11.3 Å². The summed E-state index contributed by atoms with van der Waals surface area (Å²) in [5, 5.41) is 3.10. The fraction of sp³-hybridized carbons (Fsp3) is 0.562. The fourth-order valence-corrected chi connectivity index (χ4v) is 3.59. The molecule has 0 saturated heterocycles. The van der Waals surface area contributed by atoms with Crippen molar-refractivity contribution in [1.82, 2.24) is 0 Å². The van der Waals surface area contributed by atoms with Gasteiger partial charge < -0.3 is 5.32 Å². The maximum absolute atomic E-state index is 12.7. The highest BCUT2D eigenvalue weighted by atomic mass is 79.9. The lowest BCUT2D eigenvalue weighted by atomic mass is 9.77. The number of hydrogen-bond donors (Lipinski definition) is 1. The molecule has 1 aromatic rings. The first-order chi connectivity index (χ1) is 9.02. The van der Waals surface area contributed by atoms with E-state index < -0.39 is 0 Å². The first-order valence-electron chi connectivity index (χ1n) is 7.09. The topological polar surface area (TPSA) is 29.1 Å². The Labute approximate surface area is 124 Å². The van der Waals surface area contributed by atoms with Gasteiger partial charge in [0, 0.05) is 15.6 Å². The number of anilines is 1. The predicted octanol–water partition coefficient (Wildman–Crippen LogP) is 4.99. The number of amides is 1. The predicted molar refractivity (Wildman–Crippen MR) is 83.1 cm³/mol. The lowest BCUT2D eigenvalue weighted by Crippen LogP contribution is -2.35. The zero-order chi connectivity index (χ0) is 13.9. The molecule has 1 aromatic carbocycles. The average Bonchev–Trinajstić information content (AvgIpc) is 2.78. The Morgan fingerprint density at radius 2 is 2.05 bits per heavy atom. The van der Waals surface area contributed by atoms with Crippen LogP contribution in [-0.2, 0) is 4.79 Å². The van der Waals surface area contributed by atoms with Crippen LogP contribution in [-0.4, -0.2) is 5.91 Å². The number of carbonyl (C=O) groups is 1. The average molecular weight is 324 g/mol. The molecule has 19 heavy (non-hydrogen) atoms. The second kappa shape index (κ2) is 6.08. The quantitative estimate of drug-likeness (QED) is 0.830. The summed E-state index contributed by atoms with van der Waals surface area (Å²) in [6.07, 6.45) is 5.42. The molecule has 1 saturated carbocycles. The standard InChI is InChI=1S/C16H22BrNO/c1-12(2)11-16(8-3-4-9-16)15(19)18-14-7-5-6-13(17)10-14/h5-7,10,12H,3-4,8-9,11H2,1-2H3,(H,18,19).